The number of carbonyl (C=O) groups excluding carboxylic acids is 1. The van der Waals surface area contributed by atoms with Gasteiger partial charge in [0.25, 0.3) is 5.91 Å². The molecule has 0 radical (unpaired) electrons. The third-order valence-electron chi connectivity index (χ3n) is 5.48. The van der Waals surface area contributed by atoms with Crippen LogP contribution in [0.1, 0.15) is 47.9 Å². The molecule has 1 aromatic heterocycles. The Labute approximate surface area is 185 Å². The molecular formula is C24H35N5O2. The van der Waals surface area contributed by atoms with Gasteiger partial charge in [-0.25, -0.2) is 0 Å². The summed E-state index contributed by atoms with van der Waals surface area (Å²) >= 11 is 0. The number of nitrogens with one attached hydrogen (secondary N) is 3. The van der Waals surface area contributed by atoms with Crippen molar-refractivity contribution in [1.29, 1.82) is 0 Å². The summed E-state index contributed by atoms with van der Waals surface area (Å²) in [6.45, 7) is 9.18. The van der Waals surface area contributed by atoms with Gasteiger partial charge < -0.3 is 20.4 Å². The number of carbonyl (C=O) groups is 1. The molecule has 0 aliphatic carbocycles. The van der Waals surface area contributed by atoms with E-state index < -0.39 is 0 Å². The minimum absolute atomic E-state index is 0.168. The third-order valence-corrected chi connectivity index (χ3v) is 5.48. The summed E-state index contributed by atoms with van der Waals surface area (Å²) in [7, 11) is 0. The van der Waals surface area contributed by atoms with Gasteiger partial charge in [-0.3, -0.25) is 14.7 Å². The van der Waals surface area contributed by atoms with E-state index in [4.69, 9.17) is 4.42 Å². The summed E-state index contributed by atoms with van der Waals surface area (Å²) < 4.78 is 5.22. The van der Waals surface area contributed by atoms with Crippen LogP contribution in [-0.2, 0) is 6.54 Å². The number of furan rings is 1. The topological polar surface area (TPSA) is 81.9 Å². The predicted molar refractivity (Wildman–Crippen MR) is 124 cm³/mol. The lowest BCUT2D eigenvalue weighted by atomic mass is 10.0. The van der Waals surface area contributed by atoms with Crippen LogP contribution in [0.5, 0.6) is 0 Å². The number of benzene rings is 1. The third kappa shape index (κ3) is 7.43. The number of piperidine rings is 1. The SMILES string of the molecule is CCNC(=NCCCNC(=O)c1occc1C)NC1CCN(Cc2ccccc2)CC1. The van der Waals surface area contributed by atoms with E-state index in [0.29, 0.717) is 24.9 Å². The van der Waals surface area contributed by atoms with Gasteiger partial charge in [0.1, 0.15) is 0 Å². The van der Waals surface area contributed by atoms with Gasteiger partial charge in [-0.15, -0.1) is 0 Å². The molecule has 168 valence electrons. The molecule has 1 saturated heterocycles. The van der Waals surface area contributed by atoms with Crippen LogP contribution in [-0.4, -0.2) is 55.5 Å². The number of nitrogens with zero attached hydrogens (tertiary/aromatic N) is 2. The molecule has 7 heteroatoms. The standard InChI is InChI=1S/C24H35N5O2/c1-3-25-24(27-14-7-13-26-23(30)22-19(2)12-17-31-22)28-21-10-15-29(16-11-21)18-20-8-5-4-6-9-20/h4-6,8-9,12,17,21H,3,7,10-11,13-16,18H2,1-2H3,(H,26,30)(H2,25,27,28). The van der Waals surface area contributed by atoms with Crippen molar-refractivity contribution in [2.24, 2.45) is 4.99 Å². The molecule has 1 aliphatic rings. The van der Waals surface area contributed by atoms with Crippen LogP contribution < -0.4 is 16.0 Å². The lowest BCUT2D eigenvalue weighted by Crippen LogP contribution is -2.48. The monoisotopic (exact) mass is 425 g/mol. The van der Waals surface area contributed by atoms with Gasteiger partial charge in [0, 0.05) is 50.9 Å². The zero-order chi connectivity index (χ0) is 21.9. The normalized spacial score (nSPS) is 15.6. The largest absolute Gasteiger partial charge is 0.459 e. The summed E-state index contributed by atoms with van der Waals surface area (Å²) in [6.07, 6.45) is 4.53. The molecule has 2 heterocycles. The number of aryl methyl sites for hydroxylation is 1. The Morgan fingerprint density at radius 2 is 1.94 bits per heavy atom. The zero-order valence-corrected chi connectivity index (χ0v) is 18.7. The van der Waals surface area contributed by atoms with Crippen molar-refractivity contribution in [2.45, 2.75) is 45.7 Å². The van der Waals surface area contributed by atoms with E-state index in [-0.39, 0.29) is 5.91 Å². The predicted octanol–water partition coefficient (Wildman–Crippen LogP) is 2.93. The molecule has 31 heavy (non-hydrogen) atoms. The molecule has 7 nitrogen and oxygen atoms in total. The smallest absolute Gasteiger partial charge is 0.287 e. The van der Waals surface area contributed by atoms with E-state index in [1.54, 1.807) is 6.07 Å². The zero-order valence-electron chi connectivity index (χ0n) is 18.7. The summed E-state index contributed by atoms with van der Waals surface area (Å²) in [5, 5.41) is 9.80. The van der Waals surface area contributed by atoms with E-state index in [1.807, 2.05) is 6.92 Å². The average molecular weight is 426 g/mol. The Bertz CT molecular complexity index is 826. The highest BCUT2D eigenvalue weighted by Crippen LogP contribution is 2.14. The second-order valence-electron chi connectivity index (χ2n) is 7.98. The van der Waals surface area contributed by atoms with Crippen molar-refractivity contribution in [3.8, 4) is 0 Å². The van der Waals surface area contributed by atoms with E-state index in [0.717, 1.165) is 57.0 Å². The summed E-state index contributed by atoms with van der Waals surface area (Å²) in [5.74, 6) is 1.08. The molecule has 3 N–H and O–H groups in total. The summed E-state index contributed by atoms with van der Waals surface area (Å²) in [5.41, 5.74) is 2.22. The summed E-state index contributed by atoms with van der Waals surface area (Å²) in [4.78, 5) is 19.3. The van der Waals surface area contributed by atoms with E-state index in [1.165, 1.54) is 11.8 Å². The van der Waals surface area contributed by atoms with Crippen LogP contribution in [0.3, 0.4) is 0 Å². The molecule has 0 atom stereocenters. The first-order valence-corrected chi connectivity index (χ1v) is 11.3. The Morgan fingerprint density at radius 3 is 2.61 bits per heavy atom. The fourth-order valence-corrected chi connectivity index (χ4v) is 3.75. The van der Waals surface area contributed by atoms with Crippen LogP contribution in [0.2, 0.25) is 0 Å². The average Bonchev–Trinajstić information content (AvgIpc) is 3.21. The number of aliphatic imine (C=N–C) groups is 1. The molecule has 0 spiro atoms. The van der Waals surface area contributed by atoms with Crippen molar-refractivity contribution >= 4 is 11.9 Å². The molecular weight excluding hydrogens is 390 g/mol. The molecule has 1 aliphatic heterocycles. The van der Waals surface area contributed by atoms with Crippen LogP contribution in [0.25, 0.3) is 0 Å². The first-order valence-electron chi connectivity index (χ1n) is 11.3. The maximum absolute atomic E-state index is 12.1. The minimum Gasteiger partial charge on any atom is -0.459 e. The van der Waals surface area contributed by atoms with Crippen LogP contribution >= 0.6 is 0 Å². The van der Waals surface area contributed by atoms with Crippen molar-refractivity contribution < 1.29 is 9.21 Å². The molecule has 0 saturated carbocycles. The number of likely N-dealkylation sites (tertiary alicyclic amines) is 1. The van der Waals surface area contributed by atoms with Crippen LogP contribution in [0, 0.1) is 6.92 Å². The van der Waals surface area contributed by atoms with Gasteiger partial charge in [-0.1, -0.05) is 30.3 Å². The number of rotatable bonds is 9. The lowest BCUT2D eigenvalue weighted by molar-refractivity contribution is 0.0925. The van der Waals surface area contributed by atoms with Crippen molar-refractivity contribution in [2.75, 3.05) is 32.7 Å². The molecule has 1 aromatic carbocycles. The van der Waals surface area contributed by atoms with Crippen molar-refractivity contribution in [3.05, 3.63) is 59.5 Å². The second kappa shape index (κ2) is 12.2. The van der Waals surface area contributed by atoms with Crippen LogP contribution in [0.15, 0.2) is 52.1 Å². The highest BCUT2D eigenvalue weighted by molar-refractivity contribution is 5.92. The number of amides is 1. The van der Waals surface area contributed by atoms with Gasteiger partial charge in [0.05, 0.1) is 6.26 Å². The highest BCUT2D eigenvalue weighted by atomic mass is 16.3. The fraction of sp³-hybridized carbons (Fsp3) is 0.500. The first kappa shape index (κ1) is 22.9. The fourth-order valence-electron chi connectivity index (χ4n) is 3.75. The maximum Gasteiger partial charge on any atom is 0.287 e. The van der Waals surface area contributed by atoms with E-state index in [2.05, 4.69) is 63.1 Å². The van der Waals surface area contributed by atoms with Crippen LogP contribution in [0.4, 0.5) is 0 Å². The number of hydrogen-bond donors (Lipinski definition) is 3. The maximum atomic E-state index is 12.1. The van der Waals surface area contributed by atoms with E-state index in [9.17, 15) is 4.79 Å². The molecule has 2 aromatic rings. The molecule has 0 unspecified atom stereocenters. The Kier molecular flexibility index (Phi) is 8.97. The molecule has 1 fully saturated rings. The van der Waals surface area contributed by atoms with Gasteiger partial charge in [-0.05, 0) is 44.7 Å². The first-order chi connectivity index (χ1) is 15.2. The van der Waals surface area contributed by atoms with Gasteiger partial charge in [0.15, 0.2) is 11.7 Å². The Morgan fingerprint density at radius 1 is 1.16 bits per heavy atom. The quantitative estimate of drug-likeness (QED) is 0.327. The minimum atomic E-state index is -0.168. The van der Waals surface area contributed by atoms with Crippen molar-refractivity contribution in [3.63, 3.8) is 0 Å². The number of guanidine groups is 1. The van der Waals surface area contributed by atoms with E-state index >= 15 is 0 Å². The number of hydrogen-bond acceptors (Lipinski definition) is 4. The second-order valence-corrected chi connectivity index (χ2v) is 7.98. The van der Waals surface area contributed by atoms with Gasteiger partial charge in [0.2, 0.25) is 0 Å². The molecule has 3 rings (SSSR count). The highest BCUT2D eigenvalue weighted by Gasteiger charge is 2.20. The molecule has 0 bridgehead atoms. The van der Waals surface area contributed by atoms with Gasteiger partial charge >= 0.3 is 0 Å². The lowest BCUT2D eigenvalue weighted by Gasteiger charge is -2.33. The summed E-state index contributed by atoms with van der Waals surface area (Å²) in [6, 6.07) is 12.9. The molecule has 1 amide bonds. The Balaban J connectivity index is 1.36. The Hall–Kier alpha value is -2.80. The van der Waals surface area contributed by atoms with Crippen molar-refractivity contribution in [1.82, 2.24) is 20.9 Å². The van der Waals surface area contributed by atoms with Gasteiger partial charge in [-0.2, -0.15) is 0 Å².